The van der Waals surface area contributed by atoms with Crippen molar-refractivity contribution in [1.29, 1.82) is 0 Å². The zero-order valence-electron chi connectivity index (χ0n) is 11.9. The van der Waals surface area contributed by atoms with Gasteiger partial charge >= 0.3 is 0 Å². The van der Waals surface area contributed by atoms with Gasteiger partial charge in [0, 0.05) is 22.4 Å². The molecule has 0 bridgehead atoms. The lowest BCUT2D eigenvalue weighted by Gasteiger charge is -2.15. The van der Waals surface area contributed by atoms with E-state index in [9.17, 15) is 17.6 Å². The molecular weight excluding hydrogens is 302 g/mol. The topological polar surface area (TPSA) is 12.0 Å². The van der Waals surface area contributed by atoms with Crippen LogP contribution in [-0.4, -0.2) is 0 Å². The third-order valence-electron chi connectivity index (χ3n) is 2.95. The van der Waals surface area contributed by atoms with Crippen molar-refractivity contribution in [2.24, 2.45) is 0 Å². The van der Waals surface area contributed by atoms with E-state index < -0.39 is 29.0 Å². The van der Waals surface area contributed by atoms with Crippen LogP contribution in [0.3, 0.4) is 0 Å². The fourth-order valence-electron chi connectivity index (χ4n) is 1.78. The van der Waals surface area contributed by atoms with Crippen molar-refractivity contribution in [3.05, 3.63) is 51.2 Å². The van der Waals surface area contributed by atoms with Crippen LogP contribution in [0.15, 0.2) is 18.2 Å². The first-order valence-electron chi connectivity index (χ1n) is 6.36. The lowest BCUT2D eigenvalue weighted by atomic mass is 9.95. The summed E-state index contributed by atoms with van der Waals surface area (Å²) in [5.74, 6) is -5.67. The lowest BCUT2D eigenvalue weighted by molar-refractivity contribution is 0.458. The van der Waals surface area contributed by atoms with Gasteiger partial charge in [-0.15, -0.1) is 11.3 Å². The largest absolute Gasteiger partial charge is 0.375 e. The lowest BCUT2D eigenvalue weighted by Crippen LogP contribution is -2.08. The molecule has 2 rings (SSSR count). The van der Waals surface area contributed by atoms with Gasteiger partial charge in [0.25, 0.3) is 0 Å². The molecule has 1 N–H and O–H groups in total. The molecule has 0 fully saturated rings. The van der Waals surface area contributed by atoms with Gasteiger partial charge in [-0.2, -0.15) is 0 Å². The molecule has 6 heteroatoms. The number of hydrogen-bond acceptors (Lipinski definition) is 2. The maximum atomic E-state index is 13.5. The predicted octanol–water partition coefficient (Wildman–Crippen LogP) is 5.21. The standard InChI is InChI=1S/C15H15F4NS/c1-15(2,3)11-5-4-8(21-11)7-20-14-12(18)9(16)6-10(17)13(14)19/h4-6,20H,7H2,1-3H3. The highest BCUT2D eigenvalue weighted by Crippen LogP contribution is 2.30. The third-order valence-corrected chi connectivity index (χ3v) is 4.46. The van der Waals surface area contributed by atoms with Crippen molar-refractivity contribution in [1.82, 2.24) is 0 Å². The zero-order valence-corrected chi connectivity index (χ0v) is 12.7. The maximum absolute atomic E-state index is 13.5. The van der Waals surface area contributed by atoms with Gasteiger partial charge in [-0.25, -0.2) is 17.6 Å². The Morgan fingerprint density at radius 2 is 1.57 bits per heavy atom. The van der Waals surface area contributed by atoms with Gasteiger partial charge in [0.05, 0.1) is 0 Å². The highest BCUT2D eigenvalue weighted by atomic mass is 32.1. The van der Waals surface area contributed by atoms with Gasteiger partial charge in [-0.1, -0.05) is 20.8 Å². The van der Waals surface area contributed by atoms with Crippen LogP contribution in [0.4, 0.5) is 23.2 Å². The second-order valence-electron chi connectivity index (χ2n) is 5.71. The van der Waals surface area contributed by atoms with Crippen molar-refractivity contribution in [2.75, 3.05) is 5.32 Å². The number of thiophene rings is 1. The minimum atomic E-state index is -1.42. The minimum Gasteiger partial charge on any atom is -0.375 e. The van der Waals surface area contributed by atoms with Crippen molar-refractivity contribution < 1.29 is 17.6 Å². The fourth-order valence-corrected chi connectivity index (χ4v) is 2.79. The van der Waals surface area contributed by atoms with Crippen molar-refractivity contribution in [2.45, 2.75) is 32.7 Å². The van der Waals surface area contributed by atoms with Crippen LogP contribution in [0, 0.1) is 23.3 Å². The van der Waals surface area contributed by atoms with Crippen LogP contribution < -0.4 is 5.32 Å². The summed E-state index contributed by atoms with van der Waals surface area (Å²) in [7, 11) is 0. The summed E-state index contributed by atoms with van der Waals surface area (Å²) in [6.45, 7) is 6.25. The van der Waals surface area contributed by atoms with E-state index >= 15 is 0 Å². The van der Waals surface area contributed by atoms with E-state index in [1.165, 1.54) is 11.3 Å². The Bertz CT molecular complexity index is 632. The first kappa shape index (κ1) is 15.8. The second-order valence-corrected chi connectivity index (χ2v) is 6.88. The van der Waals surface area contributed by atoms with Crippen molar-refractivity contribution in [3.63, 3.8) is 0 Å². The van der Waals surface area contributed by atoms with E-state index in [0.717, 1.165) is 9.75 Å². The van der Waals surface area contributed by atoms with Gasteiger partial charge in [0.15, 0.2) is 23.3 Å². The number of hydrogen-bond donors (Lipinski definition) is 1. The van der Waals surface area contributed by atoms with Crippen LogP contribution in [0.2, 0.25) is 0 Å². The molecule has 0 unspecified atom stereocenters. The van der Waals surface area contributed by atoms with Crippen LogP contribution in [-0.2, 0) is 12.0 Å². The summed E-state index contributed by atoms with van der Waals surface area (Å²) < 4.78 is 53.2. The van der Waals surface area contributed by atoms with Crippen LogP contribution in [0.1, 0.15) is 30.5 Å². The van der Waals surface area contributed by atoms with E-state index in [1.807, 2.05) is 12.1 Å². The summed E-state index contributed by atoms with van der Waals surface area (Å²) >= 11 is 1.48. The molecule has 1 heterocycles. The molecule has 114 valence electrons. The summed E-state index contributed by atoms with van der Waals surface area (Å²) in [6.07, 6.45) is 0. The Kier molecular flexibility index (Phi) is 4.27. The number of anilines is 1. The minimum absolute atomic E-state index is 0.0234. The summed E-state index contributed by atoms with van der Waals surface area (Å²) in [5, 5.41) is 2.42. The second kappa shape index (κ2) is 5.67. The maximum Gasteiger partial charge on any atom is 0.185 e. The van der Waals surface area contributed by atoms with E-state index in [-0.39, 0.29) is 18.0 Å². The normalized spacial score (nSPS) is 11.8. The molecule has 1 aromatic heterocycles. The third kappa shape index (κ3) is 3.37. The molecule has 0 aliphatic rings. The Morgan fingerprint density at radius 3 is 2.05 bits per heavy atom. The first-order chi connectivity index (χ1) is 9.70. The fraction of sp³-hybridized carbons (Fsp3) is 0.333. The molecule has 2 aromatic rings. The van der Waals surface area contributed by atoms with Gasteiger partial charge in [0.1, 0.15) is 5.69 Å². The highest BCUT2D eigenvalue weighted by Gasteiger charge is 2.20. The van der Waals surface area contributed by atoms with Crippen molar-refractivity contribution in [3.8, 4) is 0 Å². The Morgan fingerprint density at radius 1 is 1.00 bits per heavy atom. The molecule has 0 radical (unpaired) electrons. The summed E-state index contributed by atoms with van der Waals surface area (Å²) in [5.41, 5.74) is -0.803. The molecule has 21 heavy (non-hydrogen) atoms. The summed E-state index contributed by atoms with van der Waals surface area (Å²) in [6, 6.07) is 3.95. The molecule has 0 atom stereocenters. The van der Waals surface area contributed by atoms with Gasteiger partial charge in [0.2, 0.25) is 0 Å². The highest BCUT2D eigenvalue weighted by molar-refractivity contribution is 7.12. The Hall–Kier alpha value is -1.56. The zero-order chi connectivity index (χ0) is 15.8. The van der Waals surface area contributed by atoms with Crippen LogP contribution in [0.25, 0.3) is 0 Å². The van der Waals surface area contributed by atoms with Crippen LogP contribution in [0.5, 0.6) is 0 Å². The SMILES string of the molecule is CC(C)(C)c1ccc(CNc2c(F)c(F)cc(F)c2F)s1. The quantitative estimate of drug-likeness (QED) is 0.605. The predicted molar refractivity (Wildman–Crippen MR) is 76.6 cm³/mol. The Labute approximate surface area is 124 Å². The number of nitrogens with one attached hydrogen (secondary N) is 1. The van der Waals surface area contributed by atoms with Crippen molar-refractivity contribution >= 4 is 17.0 Å². The van der Waals surface area contributed by atoms with Gasteiger partial charge < -0.3 is 5.32 Å². The molecule has 1 aromatic carbocycles. The van der Waals surface area contributed by atoms with Crippen LogP contribution >= 0.6 is 11.3 Å². The molecule has 0 amide bonds. The number of benzene rings is 1. The average molecular weight is 317 g/mol. The number of halogens is 4. The van der Waals surface area contributed by atoms with Gasteiger partial charge in [-0.3, -0.25) is 0 Å². The molecule has 0 saturated heterocycles. The smallest absolute Gasteiger partial charge is 0.185 e. The molecule has 0 aliphatic carbocycles. The molecule has 0 spiro atoms. The van der Waals surface area contributed by atoms with E-state index in [4.69, 9.17) is 0 Å². The molecular formula is C15H15F4NS. The molecule has 0 saturated carbocycles. The van der Waals surface area contributed by atoms with E-state index in [2.05, 4.69) is 26.1 Å². The number of rotatable bonds is 3. The van der Waals surface area contributed by atoms with E-state index in [0.29, 0.717) is 0 Å². The summed E-state index contributed by atoms with van der Waals surface area (Å²) in [4.78, 5) is 1.94. The molecule has 1 nitrogen and oxygen atoms in total. The average Bonchev–Trinajstić information content (AvgIpc) is 2.85. The monoisotopic (exact) mass is 317 g/mol. The molecule has 0 aliphatic heterocycles. The first-order valence-corrected chi connectivity index (χ1v) is 7.18. The Balaban J connectivity index is 2.19. The van der Waals surface area contributed by atoms with Gasteiger partial charge in [-0.05, 0) is 17.5 Å². The van der Waals surface area contributed by atoms with E-state index in [1.54, 1.807) is 0 Å².